The number of fused-ring (bicyclic) bond motifs is 1. The Balaban J connectivity index is 1.73. The Labute approximate surface area is 169 Å². The Hall–Kier alpha value is -2.89. The van der Waals surface area contributed by atoms with Crippen molar-refractivity contribution in [2.75, 3.05) is 5.32 Å². The third-order valence-electron chi connectivity index (χ3n) is 4.64. The molecule has 2 aromatic rings. The Morgan fingerprint density at radius 1 is 1.13 bits per heavy atom. The van der Waals surface area contributed by atoms with Crippen LogP contribution in [0, 0.1) is 23.3 Å². The summed E-state index contributed by atoms with van der Waals surface area (Å²) in [5.41, 5.74) is 0.488. The number of rotatable bonds is 4. The van der Waals surface area contributed by atoms with E-state index in [-0.39, 0.29) is 5.69 Å². The molecule has 0 aliphatic carbocycles. The molecular formula is C18H11F6N3O2S. The van der Waals surface area contributed by atoms with Crippen LogP contribution in [0.1, 0.15) is 15.9 Å². The minimum Gasteiger partial charge on any atom is -0.450 e. The van der Waals surface area contributed by atoms with Crippen molar-refractivity contribution in [2.24, 2.45) is 10.7 Å². The first-order valence-electron chi connectivity index (χ1n) is 8.35. The summed E-state index contributed by atoms with van der Waals surface area (Å²) in [6, 6.07) is 2.78. The molecule has 3 N–H and O–H groups in total. The van der Waals surface area contributed by atoms with Crippen LogP contribution >= 0.6 is 11.8 Å². The van der Waals surface area contributed by atoms with E-state index in [9.17, 15) is 31.1 Å². The van der Waals surface area contributed by atoms with Gasteiger partial charge in [0.25, 0.3) is 18.4 Å². The molecule has 5 nitrogen and oxygen atoms in total. The topological polar surface area (TPSA) is 76.7 Å². The fourth-order valence-corrected chi connectivity index (χ4v) is 4.36. The number of halogens is 6. The van der Waals surface area contributed by atoms with Crippen molar-refractivity contribution in [2.45, 2.75) is 22.7 Å². The molecule has 0 saturated carbocycles. The fraction of sp³-hybridized carbons (Fsp3) is 0.222. The molecule has 158 valence electrons. The molecule has 30 heavy (non-hydrogen) atoms. The summed E-state index contributed by atoms with van der Waals surface area (Å²) in [7, 11) is 0. The van der Waals surface area contributed by atoms with Crippen LogP contribution in [0.25, 0.3) is 0 Å². The maximum Gasteiger partial charge on any atom is 0.284 e. The van der Waals surface area contributed by atoms with Gasteiger partial charge in [-0.25, -0.2) is 31.3 Å². The van der Waals surface area contributed by atoms with E-state index < -0.39 is 69.0 Å². The number of nitrogens with zero attached hydrogens (tertiary/aromatic N) is 1. The predicted octanol–water partition coefficient (Wildman–Crippen LogP) is 3.74. The molecule has 0 spiro atoms. The number of hydrogen-bond acceptors (Lipinski definition) is 5. The zero-order valence-corrected chi connectivity index (χ0v) is 15.5. The lowest BCUT2D eigenvalue weighted by Gasteiger charge is -2.32. The molecule has 4 rings (SSSR count). The number of nitrogens with one attached hydrogen (secondary N) is 1. The van der Waals surface area contributed by atoms with E-state index in [0.29, 0.717) is 12.1 Å². The summed E-state index contributed by atoms with van der Waals surface area (Å²) in [6.07, 6.45) is -3.17. The fourth-order valence-electron chi connectivity index (χ4n) is 3.26. The van der Waals surface area contributed by atoms with Gasteiger partial charge in [0, 0.05) is 23.4 Å². The zero-order valence-electron chi connectivity index (χ0n) is 14.6. The van der Waals surface area contributed by atoms with Crippen molar-refractivity contribution in [3.05, 3.63) is 64.7 Å². The summed E-state index contributed by atoms with van der Waals surface area (Å²) < 4.78 is 88.4. The Kier molecular flexibility index (Phi) is 4.83. The highest BCUT2D eigenvalue weighted by Gasteiger charge is 2.65. The van der Waals surface area contributed by atoms with Gasteiger partial charge in [-0.15, -0.1) is 11.8 Å². The van der Waals surface area contributed by atoms with Crippen molar-refractivity contribution < 1.29 is 35.9 Å². The summed E-state index contributed by atoms with van der Waals surface area (Å²) in [5.74, 6) is -6.51. The highest BCUT2D eigenvalue weighted by atomic mass is 32.2. The van der Waals surface area contributed by atoms with Crippen LogP contribution in [0.5, 0.6) is 0 Å². The van der Waals surface area contributed by atoms with Crippen LogP contribution in [-0.2, 0) is 10.3 Å². The molecular weight excluding hydrogens is 436 g/mol. The maximum atomic E-state index is 14.5. The molecule has 0 bridgehead atoms. The van der Waals surface area contributed by atoms with E-state index in [2.05, 4.69) is 10.3 Å². The van der Waals surface area contributed by atoms with E-state index in [1.165, 1.54) is 0 Å². The third kappa shape index (κ3) is 3.24. The Morgan fingerprint density at radius 3 is 2.43 bits per heavy atom. The monoisotopic (exact) mass is 447 g/mol. The number of hydrogen-bond donors (Lipinski definition) is 2. The summed E-state index contributed by atoms with van der Waals surface area (Å²) in [4.78, 5) is 15.9. The van der Waals surface area contributed by atoms with Crippen LogP contribution in [0.3, 0.4) is 0 Å². The first kappa shape index (κ1) is 20.4. The second-order valence-electron chi connectivity index (χ2n) is 6.51. The summed E-state index contributed by atoms with van der Waals surface area (Å²) >= 11 is 0.978. The van der Waals surface area contributed by atoms with Crippen LogP contribution in [0.15, 0.2) is 35.3 Å². The van der Waals surface area contributed by atoms with E-state index in [4.69, 9.17) is 10.5 Å². The average Bonchev–Trinajstić information content (AvgIpc) is 3.41. The van der Waals surface area contributed by atoms with Gasteiger partial charge in [0.2, 0.25) is 0 Å². The molecule has 0 aromatic heterocycles. The van der Waals surface area contributed by atoms with E-state index in [1.807, 2.05) is 0 Å². The SMILES string of the molecule is NC1=N[C@@](c2cc(NC(=O)c3c(F)cc(F)cc3F)ccc2F)(C(F)F)[C@H]2S[C@H]2O1. The lowest BCUT2D eigenvalue weighted by Crippen LogP contribution is -2.45. The average molecular weight is 447 g/mol. The minimum absolute atomic E-state index is 0.234. The molecule has 0 radical (unpaired) electrons. The second kappa shape index (κ2) is 7.11. The highest BCUT2D eigenvalue weighted by Crippen LogP contribution is 2.59. The van der Waals surface area contributed by atoms with Crippen molar-refractivity contribution in [1.29, 1.82) is 0 Å². The van der Waals surface area contributed by atoms with E-state index in [1.54, 1.807) is 0 Å². The van der Waals surface area contributed by atoms with Gasteiger partial charge >= 0.3 is 0 Å². The quantitative estimate of drug-likeness (QED) is 0.553. The lowest BCUT2D eigenvalue weighted by molar-refractivity contribution is 0.0352. The number of benzene rings is 2. The number of amidine groups is 1. The molecule has 2 aliphatic heterocycles. The number of ether oxygens (including phenoxy) is 1. The molecule has 0 unspecified atom stereocenters. The van der Waals surface area contributed by atoms with Gasteiger partial charge in [0.1, 0.15) is 28.8 Å². The summed E-state index contributed by atoms with van der Waals surface area (Å²) in [5, 5.41) is 1.17. The number of amides is 1. The number of anilines is 1. The van der Waals surface area contributed by atoms with Crippen molar-refractivity contribution in [3.63, 3.8) is 0 Å². The number of carbonyl (C=O) groups is 1. The minimum atomic E-state index is -3.17. The molecule has 1 saturated heterocycles. The second-order valence-corrected chi connectivity index (χ2v) is 7.76. The highest BCUT2D eigenvalue weighted by molar-refractivity contribution is 8.07. The molecule has 1 fully saturated rings. The largest absolute Gasteiger partial charge is 0.450 e. The van der Waals surface area contributed by atoms with Gasteiger partial charge in [0.05, 0.1) is 5.25 Å². The van der Waals surface area contributed by atoms with Crippen molar-refractivity contribution in [1.82, 2.24) is 0 Å². The van der Waals surface area contributed by atoms with E-state index in [0.717, 1.165) is 30.0 Å². The Bertz CT molecular complexity index is 1060. The van der Waals surface area contributed by atoms with Crippen LogP contribution in [-0.4, -0.2) is 29.0 Å². The smallest absolute Gasteiger partial charge is 0.284 e. The normalized spacial score (nSPS) is 24.7. The van der Waals surface area contributed by atoms with Gasteiger partial charge < -0.3 is 15.8 Å². The zero-order chi connectivity index (χ0) is 21.8. The number of aliphatic imine (C=N–C) groups is 1. The maximum absolute atomic E-state index is 14.5. The standard InChI is InChI=1S/C18H11F6N3O2S/c19-6-3-10(21)12(11(22)4-6)14(28)26-7-1-2-9(20)8(5-7)18(16(23)24)13-15(30-13)29-17(25)27-18/h1-5,13,15-16H,(H2,25,27)(H,26,28)/t13-,15+,18+/m0/s1. The van der Waals surface area contributed by atoms with Gasteiger partial charge in [-0.3, -0.25) is 4.79 Å². The van der Waals surface area contributed by atoms with Crippen LogP contribution < -0.4 is 11.1 Å². The molecule has 2 aromatic carbocycles. The van der Waals surface area contributed by atoms with Crippen molar-refractivity contribution >= 4 is 29.4 Å². The molecule has 2 heterocycles. The number of nitrogens with two attached hydrogens (primary N) is 1. The van der Waals surface area contributed by atoms with Crippen molar-refractivity contribution in [3.8, 4) is 0 Å². The summed E-state index contributed by atoms with van der Waals surface area (Å²) in [6.45, 7) is 0. The van der Waals surface area contributed by atoms with Gasteiger partial charge in [-0.1, -0.05) is 0 Å². The molecule has 1 amide bonds. The number of alkyl halides is 2. The first-order chi connectivity index (χ1) is 14.1. The van der Waals surface area contributed by atoms with Gasteiger partial charge in [-0.05, 0) is 18.2 Å². The van der Waals surface area contributed by atoms with Crippen LogP contribution in [0.2, 0.25) is 0 Å². The molecule has 2 aliphatic rings. The van der Waals surface area contributed by atoms with Crippen LogP contribution in [0.4, 0.5) is 32.0 Å². The first-order valence-corrected chi connectivity index (χ1v) is 9.29. The molecule has 3 atom stereocenters. The third-order valence-corrected chi connectivity index (χ3v) is 5.86. The van der Waals surface area contributed by atoms with E-state index >= 15 is 0 Å². The number of thioether (sulfide) groups is 1. The Morgan fingerprint density at radius 2 is 1.80 bits per heavy atom. The lowest BCUT2D eigenvalue weighted by atomic mass is 9.86. The van der Waals surface area contributed by atoms with Gasteiger partial charge in [0.15, 0.2) is 11.0 Å². The predicted molar refractivity (Wildman–Crippen MR) is 96.2 cm³/mol. The number of carbonyl (C=O) groups excluding carboxylic acids is 1. The molecule has 12 heteroatoms. The van der Waals surface area contributed by atoms with Gasteiger partial charge in [-0.2, -0.15) is 0 Å².